The average molecular weight is 443 g/mol. The van der Waals surface area contributed by atoms with Gasteiger partial charge in [0.05, 0.1) is 0 Å². The first-order chi connectivity index (χ1) is 11.8. The summed E-state index contributed by atoms with van der Waals surface area (Å²) in [6.45, 7) is 7.80. The van der Waals surface area contributed by atoms with E-state index in [0.717, 1.165) is 11.1 Å². The second-order valence-electron chi connectivity index (χ2n) is 5.99. The normalized spacial score (nSPS) is 8.63. The minimum Gasteiger partial charge on any atom is -0.508 e. The van der Waals surface area contributed by atoms with E-state index in [0.29, 0.717) is 11.5 Å². The molecule has 5 heteroatoms. The van der Waals surface area contributed by atoms with Crippen LogP contribution < -0.4 is 5.30 Å². The van der Waals surface area contributed by atoms with Crippen LogP contribution in [0.15, 0.2) is 66.7 Å². The molecule has 0 bridgehead atoms. The molecule has 27 heavy (non-hydrogen) atoms. The average Bonchev–Trinajstić information content (AvgIpc) is 2.57. The van der Waals surface area contributed by atoms with Crippen LogP contribution in [0, 0.1) is 27.7 Å². The topological polar surface area (TPSA) is 40.5 Å². The van der Waals surface area contributed by atoms with Crippen molar-refractivity contribution >= 4 is 27.0 Å². The molecule has 2 nitrogen and oxygen atoms in total. The zero-order valence-electron chi connectivity index (χ0n) is 16.1. The van der Waals surface area contributed by atoms with E-state index < -0.39 is 0 Å². The van der Waals surface area contributed by atoms with Gasteiger partial charge < -0.3 is 10.2 Å². The van der Waals surface area contributed by atoms with E-state index in [1.54, 1.807) is 12.1 Å². The van der Waals surface area contributed by atoms with Gasteiger partial charge in [0.15, 0.2) is 0 Å². The number of phenolic OH excluding ortho intramolecular Hbond substituents is 2. The molecule has 0 aliphatic rings. The third kappa shape index (κ3) is 11.8. The molecule has 0 saturated heterocycles. The van der Waals surface area contributed by atoms with Crippen LogP contribution in [-0.4, -0.2) is 10.2 Å². The quantitative estimate of drug-likeness (QED) is 0.443. The largest absolute Gasteiger partial charge is 0.508 e. The number of benzene rings is 3. The van der Waals surface area contributed by atoms with Gasteiger partial charge in [-0.25, -0.2) is 0 Å². The van der Waals surface area contributed by atoms with Crippen LogP contribution in [0.5, 0.6) is 11.5 Å². The second-order valence-corrected chi connectivity index (χ2v) is 6.66. The van der Waals surface area contributed by atoms with Crippen LogP contribution in [-0.2, 0) is 17.4 Å². The molecule has 0 aliphatic carbocycles. The Morgan fingerprint density at radius 3 is 1.22 bits per heavy atom. The van der Waals surface area contributed by atoms with E-state index in [4.69, 9.17) is 10.2 Å². The maximum atomic E-state index is 9.04. The Morgan fingerprint density at radius 2 is 1.00 bits per heavy atom. The standard InChI is InChI=1S/2C8H10O.C6H7P.ClH.Cr/c2*1-6-3-4-8(9)7(2)5-6;7-6-4-2-1-3-5-6;;/h2*3-5,9H,1-2H3;1-5H,7H2;1H;. The van der Waals surface area contributed by atoms with Gasteiger partial charge in [0.1, 0.15) is 11.5 Å². The van der Waals surface area contributed by atoms with Crippen molar-refractivity contribution < 1.29 is 27.6 Å². The molecule has 146 valence electrons. The van der Waals surface area contributed by atoms with Gasteiger partial charge in [-0.05, 0) is 56.3 Å². The molecule has 0 amide bonds. The summed E-state index contributed by atoms with van der Waals surface area (Å²) in [6, 6.07) is 21.2. The molecule has 3 rings (SSSR count). The first kappa shape index (κ1) is 27.7. The Balaban J connectivity index is 0. The first-order valence-electron chi connectivity index (χ1n) is 8.12. The second kappa shape index (κ2) is 14.6. The molecule has 0 saturated carbocycles. The molecule has 1 atom stereocenters. The maximum absolute atomic E-state index is 9.04. The van der Waals surface area contributed by atoms with Gasteiger partial charge in [0, 0.05) is 17.4 Å². The van der Waals surface area contributed by atoms with Gasteiger partial charge in [-0.1, -0.05) is 65.7 Å². The van der Waals surface area contributed by atoms with E-state index in [-0.39, 0.29) is 29.8 Å². The van der Waals surface area contributed by atoms with E-state index >= 15 is 0 Å². The minimum atomic E-state index is 0. The molecule has 0 spiro atoms. The molecule has 0 radical (unpaired) electrons. The van der Waals surface area contributed by atoms with E-state index in [2.05, 4.69) is 9.24 Å². The molecule has 3 aromatic rings. The van der Waals surface area contributed by atoms with Crippen molar-refractivity contribution in [3.63, 3.8) is 0 Å². The van der Waals surface area contributed by atoms with Crippen molar-refractivity contribution in [1.82, 2.24) is 0 Å². The predicted octanol–water partition coefficient (Wildman–Crippen LogP) is 5.62. The van der Waals surface area contributed by atoms with Crippen molar-refractivity contribution in [2.45, 2.75) is 27.7 Å². The van der Waals surface area contributed by atoms with Crippen LogP contribution in [0.25, 0.3) is 0 Å². The Bertz CT molecular complexity index is 746. The van der Waals surface area contributed by atoms with E-state index in [1.807, 2.05) is 82.3 Å². The molecule has 0 aliphatic heterocycles. The zero-order valence-corrected chi connectivity index (χ0v) is 19.4. The number of hydrogen-bond donors (Lipinski definition) is 2. The third-order valence-corrected chi connectivity index (χ3v) is 3.89. The van der Waals surface area contributed by atoms with E-state index in [9.17, 15) is 0 Å². The summed E-state index contributed by atoms with van der Waals surface area (Å²) >= 11 is 0. The number of halogens is 1. The zero-order chi connectivity index (χ0) is 18.8. The Morgan fingerprint density at radius 1 is 0.630 bits per heavy atom. The molecular formula is C22H28ClCrO2P. The van der Waals surface area contributed by atoms with Gasteiger partial charge >= 0.3 is 0 Å². The number of aromatic hydroxyl groups is 2. The van der Waals surface area contributed by atoms with Crippen molar-refractivity contribution in [1.29, 1.82) is 0 Å². The van der Waals surface area contributed by atoms with Gasteiger partial charge in [0.25, 0.3) is 0 Å². The Kier molecular flexibility index (Phi) is 14.9. The van der Waals surface area contributed by atoms with Crippen LogP contribution in [0.2, 0.25) is 0 Å². The number of rotatable bonds is 0. The van der Waals surface area contributed by atoms with Gasteiger partial charge in [-0.3, -0.25) is 0 Å². The van der Waals surface area contributed by atoms with Crippen molar-refractivity contribution in [2.75, 3.05) is 0 Å². The first-order valence-corrected chi connectivity index (χ1v) is 8.70. The summed E-state index contributed by atoms with van der Waals surface area (Å²) in [4.78, 5) is 0. The molecule has 0 fully saturated rings. The fraction of sp³-hybridized carbons (Fsp3) is 0.182. The number of aryl methyl sites for hydroxylation is 4. The SMILES string of the molecule is Cc1ccc(O)c(C)c1.Cc1ccc(O)c(C)c1.Cl.Pc1ccccc1.[Cr]. The third-order valence-electron chi connectivity index (χ3n) is 3.50. The van der Waals surface area contributed by atoms with Crippen molar-refractivity contribution in [3.05, 3.63) is 89.0 Å². The monoisotopic (exact) mass is 442 g/mol. The summed E-state index contributed by atoms with van der Waals surface area (Å²) in [5.74, 6) is 0.751. The summed E-state index contributed by atoms with van der Waals surface area (Å²) < 4.78 is 0. The smallest absolute Gasteiger partial charge is 0.118 e. The fourth-order valence-corrected chi connectivity index (χ4v) is 2.29. The van der Waals surface area contributed by atoms with Gasteiger partial charge in [0.2, 0.25) is 0 Å². The number of phenols is 2. The van der Waals surface area contributed by atoms with Gasteiger partial charge in [-0.2, -0.15) is 0 Å². The fourth-order valence-electron chi connectivity index (χ4n) is 2.06. The van der Waals surface area contributed by atoms with Crippen LogP contribution in [0.1, 0.15) is 22.3 Å². The van der Waals surface area contributed by atoms with E-state index in [1.165, 1.54) is 16.4 Å². The summed E-state index contributed by atoms with van der Waals surface area (Å²) in [7, 11) is 2.63. The summed E-state index contributed by atoms with van der Waals surface area (Å²) in [5, 5.41) is 19.3. The summed E-state index contributed by atoms with van der Waals surface area (Å²) in [5.41, 5.74) is 4.25. The minimum absolute atomic E-state index is 0. The van der Waals surface area contributed by atoms with Gasteiger partial charge in [-0.15, -0.1) is 21.6 Å². The molecular weight excluding hydrogens is 415 g/mol. The maximum Gasteiger partial charge on any atom is 0.118 e. The van der Waals surface area contributed by atoms with Crippen LogP contribution in [0.4, 0.5) is 0 Å². The Hall–Kier alpha value is -1.49. The van der Waals surface area contributed by atoms with Crippen LogP contribution >= 0.6 is 21.6 Å². The summed E-state index contributed by atoms with van der Waals surface area (Å²) in [6.07, 6.45) is 0. The molecule has 0 heterocycles. The van der Waals surface area contributed by atoms with Crippen molar-refractivity contribution in [2.24, 2.45) is 0 Å². The molecule has 3 aromatic carbocycles. The predicted molar refractivity (Wildman–Crippen MR) is 118 cm³/mol. The molecule has 1 unspecified atom stereocenters. The Labute approximate surface area is 182 Å². The van der Waals surface area contributed by atoms with Crippen molar-refractivity contribution in [3.8, 4) is 11.5 Å². The molecule has 0 aromatic heterocycles. The number of hydrogen-bond acceptors (Lipinski definition) is 2. The van der Waals surface area contributed by atoms with Crippen LogP contribution in [0.3, 0.4) is 0 Å². The molecule has 2 N–H and O–H groups in total.